The molecule has 4 heteroatoms. The lowest BCUT2D eigenvalue weighted by Crippen LogP contribution is -2.35. The average molecular weight is 239 g/mol. The van der Waals surface area contributed by atoms with E-state index in [1.807, 2.05) is 0 Å². The second-order valence-corrected chi connectivity index (χ2v) is 5.23. The van der Waals surface area contributed by atoms with Gasteiger partial charge < -0.3 is 15.8 Å². The molecule has 0 amide bonds. The number of nitrogens with one attached hydrogen (secondary N) is 1. The molecule has 1 atom stereocenters. The fraction of sp³-hybridized carbons (Fsp3) is 0.923. The average Bonchev–Trinajstić information content (AvgIpc) is 2.28. The molecule has 17 heavy (non-hydrogen) atoms. The number of ether oxygens (including phenoxy) is 1. The predicted octanol–water partition coefficient (Wildman–Crippen LogP) is 1.65. The quantitative estimate of drug-likeness (QED) is 0.566. The molecule has 1 saturated carbocycles. The summed E-state index contributed by atoms with van der Waals surface area (Å²) in [6.45, 7) is 2.71. The van der Waals surface area contributed by atoms with Gasteiger partial charge in [-0.15, -0.1) is 0 Å². The first-order chi connectivity index (χ1) is 8.34. The Balaban J connectivity index is 1.53. The molecule has 0 radical (unpaired) electrons. The van der Waals surface area contributed by atoms with Crippen molar-refractivity contribution in [2.45, 2.75) is 51.0 Å². The van der Waals surface area contributed by atoms with Gasteiger partial charge in [0.1, 0.15) is 0 Å². The Morgan fingerprint density at radius 2 is 2.12 bits per heavy atom. The van der Waals surface area contributed by atoms with Crippen molar-refractivity contribution in [2.24, 2.45) is 16.6 Å². The molecule has 0 spiro atoms. The van der Waals surface area contributed by atoms with Crippen molar-refractivity contribution in [1.29, 1.82) is 0 Å². The van der Waals surface area contributed by atoms with E-state index in [4.69, 9.17) is 10.5 Å². The molecule has 2 aliphatic rings. The fourth-order valence-corrected chi connectivity index (χ4v) is 2.36. The number of hydrogen-bond acceptors (Lipinski definition) is 2. The van der Waals surface area contributed by atoms with Crippen LogP contribution in [-0.2, 0) is 4.74 Å². The van der Waals surface area contributed by atoms with E-state index in [-0.39, 0.29) is 0 Å². The number of hydrogen-bond donors (Lipinski definition) is 2. The molecule has 3 N–H and O–H groups in total. The number of nitrogens with zero attached hydrogens (tertiary/aromatic N) is 1. The van der Waals surface area contributed by atoms with Gasteiger partial charge >= 0.3 is 0 Å². The highest BCUT2D eigenvalue weighted by molar-refractivity contribution is 5.77. The first-order valence-corrected chi connectivity index (χ1v) is 7.00. The number of nitrogens with two attached hydrogens (primary N) is 1. The lowest BCUT2D eigenvalue weighted by Gasteiger charge is -2.24. The van der Waals surface area contributed by atoms with E-state index in [0.717, 1.165) is 32.0 Å². The minimum atomic E-state index is 0.427. The third-order valence-corrected chi connectivity index (χ3v) is 3.79. The summed E-state index contributed by atoms with van der Waals surface area (Å²) in [5, 5.41) is 3.18. The van der Waals surface area contributed by atoms with Crippen LogP contribution in [0.2, 0.25) is 0 Å². The molecule has 1 heterocycles. The molecule has 1 saturated heterocycles. The maximum Gasteiger partial charge on any atom is 0.188 e. The monoisotopic (exact) mass is 239 g/mol. The standard InChI is InChI=1S/C13H25N3O/c14-13(16-10-11-4-3-5-11)15-8-7-12-6-1-2-9-17-12/h11-12H,1-10H2,(H3,14,15,16). The summed E-state index contributed by atoms with van der Waals surface area (Å²) in [7, 11) is 0. The lowest BCUT2D eigenvalue weighted by atomic mass is 9.86. The van der Waals surface area contributed by atoms with E-state index in [1.165, 1.54) is 38.5 Å². The van der Waals surface area contributed by atoms with Crippen molar-refractivity contribution in [2.75, 3.05) is 19.7 Å². The van der Waals surface area contributed by atoms with Crippen LogP contribution >= 0.6 is 0 Å². The van der Waals surface area contributed by atoms with Crippen LogP contribution in [0.1, 0.15) is 44.9 Å². The molecule has 0 bridgehead atoms. The number of aliphatic imine (C=N–C) groups is 1. The van der Waals surface area contributed by atoms with E-state index in [0.29, 0.717) is 12.1 Å². The molecule has 0 aromatic heterocycles. The second kappa shape index (κ2) is 6.84. The SMILES string of the molecule is NC(=NCC1CCC1)NCCC1CCCCO1. The first-order valence-electron chi connectivity index (χ1n) is 7.00. The molecule has 0 aromatic carbocycles. The van der Waals surface area contributed by atoms with Crippen LogP contribution in [0.15, 0.2) is 4.99 Å². The van der Waals surface area contributed by atoms with Gasteiger partial charge in [-0.25, -0.2) is 0 Å². The van der Waals surface area contributed by atoms with Gasteiger partial charge in [-0.2, -0.15) is 0 Å². The Morgan fingerprint density at radius 1 is 1.24 bits per heavy atom. The van der Waals surface area contributed by atoms with Crippen LogP contribution < -0.4 is 11.1 Å². The Labute approximate surface area is 104 Å². The van der Waals surface area contributed by atoms with Crippen molar-refractivity contribution in [3.05, 3.63) is 0 Å². The molecular formula is C13H25N3O. The number of rotatable bonds is 5. The van der Waals surface area contributed by atoms with E-state index in [2.05, 4.69) is 10.3 Å². The number of guanidine groups is 1. The highest BCUT2D eigenvalue weighted by Crippen LogP contribution is 2.26. The van der Waals surface area contributed by atoms with Gasteiger partial charge in [-0.1, -0.05) is 6.42 Å². The van der Waals surface area contributed by atoms with Crippen LogP contribution in [-0.4, -0.2) is 31.8 Å². The van der Waals surface area contributed by atoms with Gasteiger partial charge in [0.2, 0.25) is 0 Å². The summed E-state index contributed by atoms with van der Waals surface area (Å²) < 4.78 is 5.66. The molecule has 1 aliphatic heterocycles. The van der Waals surface area contributed by atoms with Gasteiger partial charge in [0.05, 0.1) is 6.10 Å². The molecule has 1 aliphatic carbocycles. The van der Waals surface area contributed by atoms with Crippen LogP contribution in [0.5, 0.6) is 0 Å². The van der Waals surface area contributed by atoms with Crippen molar-refractivity contribution in [3.8, 4) is 0 Å². The molecule has 4 nitrogen and oxygen atoms in total. The largest absolute Gasteiger partial charge is 0.378 e. The maximum absolute atomic E-state index is 5.81. The minimum Gasteiger partial charge on any atom is -0.378 e. The topological polar surface area (TPSA) is 59.6 Å². The Bertz CT molecular complexity index is 245. The highest BCUT2D eigenvalue weighted by atomic mass is 16.5. The minimum absolute atomic E-state index is 0.427. The van der Waals surface area contributed by atoms with E-state index < -0.39 is 0 Å². The Kier molecular flexibility index (Phi) is 5.10. The first kappa shape index (κ1) is 12.7. The molecule has 1 unspecified atom stereocenters. The normalized spacial score (nSPS) is 26.6. The summed E-state index contributed by atoms with van der Waals surface area (Å²) in [5.41, 5.74) is 5.81. The summed E-state index contributed by atoms with van der Waals surface area (Å²) in [6.07, 6.45) is 9.20. The lowest BCUT2D eigenvalue weighted by molar-refractivity contribution is 0.0122. The second-order valence-electron chi connectivity index (χ2n) is 5.23. The smallest absolute Gasteiger partial charge is 0.188 e. The van der Waals surface area contributed by atoms with Crippen LogP contribution in [0.4, 0.5) is 0 Å². The van der Waals surface area contributed by atoms with Crippen LogP contribution in [0, 0.1) is 5.92 Å². The van der Waals surface area contributed by atoms with Gasteiger partial charge in [-0.3, -0.25) is 4.99 Å². The maximum atomic E-state index is 5.81. The highest BCUT2D eigenvalue weighted by Gasteiger charge is 2.16. The van der Waals surface area contributed by atoms with Crippen LogP contribution in [0.25, 0.3) is 0 Å². The molecule has 2 rings (SSSR count). The predicted molar refractivity (Wildman–Crippen MR) is 70.0 cm³/mol. The molecular weight excluding hydrogens is 214 g/mol. The van der Waals surface area contributed by atoms with E-state index in [9.17, 15) is 0 Å². The molecule has 2 fully saturated rings. The van der Waals surface area contributed by atoms with Gasteiger partial charge in [-0.05, 0) is 44.4 Å². The summed E-state index contributed by atoms with van der Waals surface area (Å²) >= 11 is 0. The zero-order valence-corrected chi connectivity index (χ0v) is 10.7. The Morgan fingerprint density at radius 3 is 2.76 bits per heavy atom. The van der Waals surface area contributed by atoms with Gasteiger partial charge in [0, 0.05) is 19.7 Å². The summed E-state index contributed by atoms with van der Waals surface area (Å²) in [5.74, 6) is 1.39. The Hall–Kier alpha value is -0.770. The zero-order valence-electron chi connectivity index (χ0n) is 10.7. The van der Waals surface area contributed by atoms with Crippen molar-refractivity contribution < 1.29 is 4.74 Å². The molecule has 98 valence electrons. The summed E-state index contributed by atoms with van der Waals surface area (Å²) in [4.78, 5) is 4.37. The third kappa shape index (κ3) is 4.54. The van der Waals surface area contributed by atoms with Crippen molar-refractivity contribution in [3.63, 3.8) is 0 Å². The van der Waals surface area contributed by atoms with E-state index >= 15 is 0 Å². The van der Waals surface area contributed by atoms with Crippen LogP contribution in [0.3, 0.4) is 0 Å². The zero-order chi connectivity index (χ0) is 11.9. The van der Waals surface area contributed by atoms with Gasteiger partial charge in [0.25, 0.3) is 0 Å². The molecule has 0 aromatic rings. The third-order valence-electron chi connectivity index (χ3n) is 3.79. The van der Waals surface area contributed by atoms with E-state index in [1.54, 1.807) is 0 Å². The summed E-state index contributed by atoms with van der Waals surface area (Å²) in [6, 6.07) is 0. The van der Waals surface area contributed by atoms with Gasteiger partial charge in [0.15, 0.2) is 5.96 Å². The van der Waals surface area contributed by atoms with Crippen molar-refractivity contribution in [1.82, 2.24) is 5.32 Å². The fourth-order valence-electron chi connectivity index (χ4n) is 2.36. The van der Waals surface area contributed by atoms with Crippen molar-refractivity contribution >= 4 is 5.96 Å².